The van der Waals surface area contributed by atoms with Crippen LogP contribution < -0.4 is 15.5 Å². The first-order valence-electron chi connectivity index (χ1n) is 7.75. The third-order valence-corrected chi connectivity index (χ3v) is 4.13. The molecule has 0 unspecified atom stereocenters. The highest BCUT2D eigenvalue weighted by Crippen LogP contribution is 2.18. The van der Waals surface area contributed by atoms with E-state index in [0.717, 1.165) is 18.8 Å². The predicted molar refractivity (Wildman–Crippen MR) is 85.1 cm³/mol. The highest BCUT2D eigenvalue weighted by atomic mass is 16.2. The van der Waals surface area contributed by atoms with Gasteiger partial charge < -0.3 is 15.5 Å². The summed E-state index contributed by atoms with van der Waals surface area (Å²) in [6, 6.07) is 7.83. The predicted octanol–water partition coefficient (Wildman–Crippen LogP) is 1.04. The molecule has 0 aliphatic carbocycles. The maximum atomic E-state index is 12.6. The number of anilines is 1. The van der Waals surface area contributed by atoms with Crippen LogP contribution in [-0.4, -0.2) is 55.1 Å². The van der Waals surface area contributed by atoms with Crippen molar-refractivity contribution in [2.24, 2.45) is 0 Å². The van der Waals surface area contributed by atoms with E-state index >= 15 is 0 Å². The zero-order valence-corrected chi connectivity index (χ0v) is 13.0. The Labute approximate surface area is 130 Å². The van der Waals surface area contributed by atoms with E-state index in [1.54, 1.807) is 17.0 Å². The van der Waals surface area contributed by atoms with Crippen LogP contribution in [0.15, 0.2) is 24.3 Å². The van der Waals surface area contributed by atoms with Gasteiger partial charge in [0.25, 0.3) is 5.91 Å². The summed E-state index contributed by atoms with van der Waals surface area (Å²) in [6.45, 7) is 6.95. The van der Waals surface area contributed by atoms with Gasteiger partial charge in [-0.25, -0.2) is 4.79 Å². The second kappa shape index (κ2) is 5.96. The fraction of sp³-hybridized carbons (Fsp3) is 0.500. The van der Waals surface area contributed by atoms with E-state index in [0.29, 0.717) is 30.7 Å². The minimum atomic E-state index is -0.0798. The van der Waals surface area contributed by atoms with Crippen LogP contribution in [-0.2, 0) is 0 Å². The van der Waals surface area contributed by atoms with Crippen molar-refractivity contribution >= 4 is 17.6 Å². The van der Waals surface area contributed by atoms with Gasteiger partial charge in [0.1, 0.15) is 0 Å². The molecule has 3 rings (SSSR count). The molecule has 2 saturated heterocycles. The van der Waals surface area contributed by atoms with Crippen LogP contribution in [0.4, 0.5) is 10.5 Å². The van der Waals surface area contributed by atoms with Gasteiger partial charge in [-0.3, -0.25) is 9.69 Å². The first-order valence-corrected chi connectivity index (χ1v) is 7.75. The molecule has 2 fully saturated rings. The number of hydrogen-bond acceptors (Lipinski definition) is 3. The quantitative estimate of drug-likeness (QED) is 0.858. The van der Waals surface area contributed by atoms with Crippen molar-refractivity contribution in [2.45, 2.75) is 25.9 Å². The summed E-state index contributed by atoms with van der Waals surface area (Å²) in [5.74, 6) is 0.0534. The van der Waals surface area contributed by atoms with Crippen molar-refractivity contribution in [1.82, 2.24) is 15.5 Å². The molecule has 0 bridgehead atoms. The van der Waals surface area contributed by atoms with Gasteiger partial charge in [0.05, 0.1) is 0 Å². The number of amides is 3. The van der Waals surface area contributed by atoms with Crippen molar-refractivity contribution in [3.05, 3.63) is 29.8 Å². The Bertz CT molecular complexity index is 562. The minimum absolute atomic E-state index is 0.0534. The number of rotatable bonds is 2. The van der Waals surface area contributed by atoms with Gasteiger partial charge in [-0.2, -0.15) is 0 Å². The Morgan fingerprint density at radius 3 is 2.32 bits per heavy atom. The molecule has 6 heteroatoms. The molecule has 6 nitrogen and oxygen atoms in total. The number of carbonyl (C=O) groups excluding carboxylic acids is 2. The molecule has 118 valence electrons. The fourth-order valence-electron chi connectivity index (χ4n) is 3.18. The number of piperazine rings is 1. The molecule has 2 heterocycles. The number of urea groups is 1. The maximum absolute atomic E-state index is 12.6. The third-order valence-electron chi connectivity index (χ3n) is 4.13. The van der Waals surface area contributed by atoms with E-state index in [2.05, 4.69) is 24.5 Å². The smallest absolute Gasteiger partial charge is 0.321 e. The van der Waals surface area contributed by atoms with Crippen LogP contribution in [0.2, 0.25) is 0 Å². The Balaban J connectivity index is 1.72. The lowest BCUT2D eigenvalue weighted by Gasteiger charge is -2.36. The molecule has 1 aromatic rings. The molecule has 2 atom stereocenters. The van der Waals surface area contributed by atoms with Crippen molar-refractivity contribution in [3.63, 3.8) is 0 Å². The van der Waals surface area contributed by atoms with Crippen LogP contribution in [0.25, 0.3) is 0 Å². The number of nitrogens with one attached hydrogen (secondary N) is 2. The second-order valence-electron chi connectivity index (χ2n) is 6.11. The van der Waals surface area contributed by atoms with Crippen LogP contribution in [0.5, 0.6) is 0 Å². The molecule has 22 heavy (non-hydrogen) atoms. The van der Waals surface area contributed by atoms with E-state index < -0.39 is 0 Å². The monoisotopic (exact) mass is 302 g/mol. The second-order valence-corrected chi connectivity index (χ2v) is 6.11. The Morgan fingerprint density at radius 1 is 1.14 bits per heavy atom. The summed E-state index contributed by atoms with van der Waals surface area (Å²) in [7, 11) is 0. The summed E-state index contributed by atoms with van der Waals surface area (Å²) >= 11 is 0. The molecule has 0 radical (unpaired) electrons. The largest absolute Gasteiger partial charge is 0.336 e. The van der Waals surface area contributed by atoms with Gasteiger partial charge in [-0.05, 0) is 38.1 Å². The number of carbonyl (C=O) groups is 2. The summed E-state index contributed by atoms with van der Waals surface area (Å²) in [4.78, 5) is 27.8. The van der Waals surface area contributed by atoms with Crippen molar-refractivity contribution in [1.29, 1.82) is 0 Å². The lowest BCUT2D eigenvalue weighted by atomic mass is 10.1. The Kier molecular flexibility index (Phi) is 4.02. The molecule has 0 saturated carbocycles. The molecule has 0 spiro atoms. The van der Waals surface area contributed by atoms with E-state index in [1.807, 2.05) is 17.0 Å². The summed E-state index contributed by atoms with van der Waals surface area (Å²) in [5.41, 5.74) is 1.50. The van der Waals surface area contributed by atoms with Crippen LogP contribution >= 0.6 is 0 Å². The van der Waals surface area contributed by atoms with E-state index in [1.165, 1.54) is 0 Å². The Hall–Kier alpha value is -2.08. The zero-order valence-electron chi connectivity index (χ0n) is 13.0. The average molecular weight is 302 g/mol. The molecule has 1 aromatic carbocycles. The molecule has 3 amide bonds. The first-order chi connectivity index (χ1) is 10.5. The van der Waals surface area contributed by atoms with Crippen molar-refractivity contribution < 1.29 is 9.59 Å². The third kappa shape index (κ3) is 2.92. The summed E-state index contributed by atoms with van der Waals surface area (Å²) < 4.78 is 0. The molecule has 2 aliphatic rings. The SMILES string of the molecule is C[C@@H]1CN(C(=O)c2ccc(N3CCNC3=O)cc2)C[C@@H](C)N1. The normalized spacial score (nSPS) is 25.3. The van der Waals surface area contributed by atoms with Gasteiger partial charge in [-0.15, -0.1) is 0 Å². The lowest BCUT2D eigenvalue weighted by Crippen LogP contribution is -2.55. The number of nitrogens with zero attached hydrogens (tertiary/aromatic N) is 2. The van der Waals surface area contributed by atoms with Crippen LogP contribution in [0.1, 0.15) is 24.2 Å². The Morgan fingerprint density at radius 2 is 1.77 bits per heavy atom. The molecule has 2 N–H and O–H groups in total. The summed E-state index contributed by atoms with van der Waals surface area (Å²) in [6.07, 6.45) is 0. The topological polar surface area (TPSA) is 64.7 Å². The van der Waals surface area contributed by atoms with Crippen LogP contribution in [0, 0.1) is 0 Å². The number of hydrogen-bond donors (Lipinski definition) is 2. The molecular weight excluding hydrogens is 280 g/mol. The van der Waals surface area contributed by atoms with E-state index in [9.17, 15) is 9.59 Å². The molecule has 0 aromatic heterocycles. The minimum Gasteiger partial charge on any atom is -0.336 e. The average Bonchev–Trinajstić information content (AvgIpc) is 2.92. The molecule has 2 aliphatic heterocycles. The van der Waals surface area contributed by atoms with Crippen molar-refractivity contribution in [3.8, 4) is 0 Å². The zero-order chi connectivity index (χ0) is 15.7. The van der Waals surface area contributed by atoms with Crippen LogP contribution in [0.3, 0.4) is 0 Å². The highest BCUT2D eigenvalue weighted by Gasteiger charge is 2.26. The van der Waals surface area contributed by atoms with E-state index in [4.69, 9.17) is 0 Å². The van der Waals surface area contributed by atoms with E-state index in [-0.39, 0.29) is 11.9 Å². The first kappa shape index (κ1) is 14.8. The van der Waals surface area contributed by atoms with Gasteiger partial charge in [-0.1, -0.05) is 0 Å². The van der Waals surface area contributed by atoms with Gasteiger partial charge >= 0.3 is 6.03 Å². The van der Waals surface area contributed by atoms with Gasteiger partial charge in [0.2, 0.25) is 0 Å². The standard InChI is InChI=1S/C16H22N4O2/c1-11-9-19(10-12(2)18-11)15(21)13-3-5-14(6-4-13)20-8-7-17-16(20)22/h3-6,11-12,18H,7-10H2,1-2H3,(H,17,22)/t11-,12-/m1/s1. The maximum Gasteiger partial charge on any atom is 0.321 e. The molecular formula is C16H22N4O2. The fourth-order valence-corrected chi connectivity index (χ4v) is 3.18. The van der Waals surface area contributed by atoms with Gasteiger partial charge in [0.15, 0.2) is 0 Å². The lowest BCUT2D eigenvalue weighted by molar-refractivity contribution is 0.0674. The summed E-state index contributed by atoms with van der Waals surface area (Å²) in [5, 5.41) is 6.19. The van der Waals surface area contributed by atoms with Gasteiger partial charge in [0, 0.05) is 49.5 Å². The van der Waals surface area contributed by atoms with Crippen molar-refractivity contribution in [2.75, 3.05) is 31.1 Å². The number of benzene rings is 1. The highest BCUT2D eigenvalue weighted by molar-refractivity contribution is 5.97.